The Kier molecular flexibility index (Phi) is 2.38. The normalized spacial score (nSPS) is 9.00. The zero-order valence-electron chi connectivity index (χ0n) is 5.13. The van der Waals surface area contributed by atoms with Gasteiger partial charge in [0.05, 0.1) is 0 Å². The van der Waals surface area contributed by atoms with Crippen molar-refractivity contribution in [1.82, 2.24) is 0 Å². The van der Waals surface area contributed by atoms with Gasteiger partial charge in [-0.2, -0.15) is 0 Å². The van der Waals surface area contributed by atoms with Crippen molar-refractivity contribution in [1.29, 1.82) is 0 Å². The topological polar surface area (TPSA) is 9.23 Å². The van der Waals surface area contributed by atoms with E-state index in [4.69, 9.17) is 4.74 Å². The molecule has 0 N–H and O–H groups in total. The van der Waals surface area contributed by atoms with E-state index >= 15 is 0 Å². The van der Waals surface area contributed by atoms with Crippen molar-refractivity contribution in [2.45, 2.75) is 0 Å². The summed E-state index contributed by atoms with van der Waals surface area (Å²) in [6.07, 6.45) is 0. The Bertz CT molecular complexity index is 198. The van der Waals surface area contributed by atoms with Gasteiger partial charge in [-0.3, -0.25) is 0 Å². The van der Waals surface area contributed by atoms with Crippen LogP contribution in [0, 0.1) is 0 Å². The monoisotopic (exact) mass is 237 g/mol. The minimum absolute atomic E-state index is 0.928. The van der Waals surface area contributed by atoms with Gasteiger partial charge >= 0.3 is 67.8 Å². The fourth-order valence-corrected chi connectivity index (χ4v) is 1.16. The summed E-state index contributed by atoms with van der Waals surface area (Å²) >= 11 is 1.98. The number of hydrogen-bond acceptors (Lipinski definition) is 1. The molecule has 1 aromatic carbocycles. The zero-order chi connectivity index (χ0) is 6.69. The van der Waals surface area contributed by atoms with Crippen LogP contribution in [0.5, 0.6) is 5.75 Å². The zero-order valence-corrected chi connectivity index (χ0v) is 7.46. The maximum absolute atomic E-state index is 5.00. The van der Waals surface area contributed by atoms with E-state index in [0.717, 1.165) is 5.75 Å². The molecule has 9 heavy (non-hydrogen) atoms. The predicted molar refractivity (Wildman–Crippen MR) is 38.4 cm³/mol. The van der Waals surface area contributed by atoms with E-state index in [-0.39, 0.29) is 0 Å². The Labute approximate surface area is 67.9 Å². The Balaban J connectivity index is 2.94. The summed E-state index contributed by atoms with van der Waals surface area (Å²) < 4.78 is 6.24. The van der Waals surface area contributed by atoms with Crippen LogP contribution in [0.1, 0.15) is 0 Å². The van der Waals surface area contributed by atoms with Gasteiger partial charge < -0.3 is 0 Å². The van der Waals surface area contributed by atoms with Crippen LogP contribution in [0.25, 0.3) is 0 Å². The molecule has 47 valence electrons. The van der Waals surface area contributed by atoms with E-state index in [0.29, 0.717) is 0 Å². The van der Waals surface area contributed by atoms with Gasteiger partial charge in [0, 0.05) is 0 Å². The van der Waals surface area contributed by atoms with E-state index in [1.807, 2.05) is 46.6 Å². The maximum atomic E-state index is 5.00. The number of benzene rings is 1. The van der Waals surface area contributed by atoms with Gasteiger partial charge in [0.15, 0.2) is 0 Å². The van der Waals surface area contributed by atoms with Gasteiger partial charge in [-0.25, -0.2) is 0 Å². The second kappa shape index (κ2) is 3.10. The van der Waals surface area contributed by atoms with Crippen LogP contribution in [0.3, 0.4) is 0 Å². The molecule has 0 amide bonds. The molecular formula is C7H7OTe. The van der Waals surface area contributed by atoms with Crippen LogP contribution in [0.2, 0.25) is 0 Å². The molecule has 0 aliphatic rings. The van der Waals surface area contributed by atoms with Crippen molar-refractivity contribution in [3.8, 4) is 5.75 Å². The van der Waals surface area contributed by atoms with Gasteiger partial charge in [0.2, 0.25) is 0 Å². The number of methoxy groups -OCH3 is 1. The summed E-state index contributed by atoms with van der Waals surface area (Å²) in [7, 11) is 1.68. The fourth-order valence-electron chi connectivity index (χ4n) is 0.601. The van der Waals surface area contributed by atoms with Gasteiger partial charge in [-0.1, -0.05) is 0 Å². The second-order valence-corrected chi connectivity index (χ2v) is 3.02. The first kappa shape index (κ1) is 6.92. The van der Waals surface area contributed by atoms with E-state index in [1.165, 1.54) is 3.61 Å². The average molecular weight is 235 g/mol. The number of rotatable bonds is 1. The predicted octanol–water partition coefficient (Wildman–Crippen LogP) is 0.489. The Hall–Kier alpha value is -0.190. The van der Waals surface area contributed by atoms with Crippen LogP contribution in [-0.4, -0.2) is 29.4 Å². The van der Waals surface area contributed by atoms with Crippen molar-refractivity contribution in [3.63, 3.8) is 0 Å². The summed E-state index contributed by atoms with van der Waals surface area (Å²) in [4.78, 5) is 0. The SMILES string of the molecule is COc1cccc([Te])c1. The number of hydrogen-bond donors (Lipinski definition) is 0. The quantitative estimate of drug-likeness (QED) is 0.643. The second-order valence-electron chi connectivity index (χ2n) is 1.68. The van der Waals surface area contributed by atoms with Gasteiger partial charge in [-0.15, -0.1) is 0 Å². The van der Waals surface area contributed by atoms with Crippen LogP contribution in [0.4, 0.5) is 0 Å². The molecular weight excluding hydrogens is 228 g/mol. The van der Waals surface area contributed by atoms with Crippen molar-refractivity contribution < 1.29 is 4.74 Å². The molecule has 0 aliphatic heterocycles. The van der Waals surface area contributed by atoms with Gasteiger partial charge in [0.25, 0.3) is 0 Å². The summed E-state index contributed by atoms with van der Waals surface area (Å²) in [6, 6.07) is 7.97. The van der Waals surface area contributed by atoms with Crippen molar-refractivity contribution in [3.05, 3.63) is 24.3 Å². The summed E-state index contributed by atoms with van der Waals surface area (Å²) in [5, 5.41) is 0. The van der Waals surface area contributed by atoms with E-state index in [1.54, 1.807) is 7.11 Å². The van der Waals surface area contributed by atoms with E-state index < -0.39 is 0 Å². The average Bonchev–Trinajstić information content (AvgIpc) is 1.88. The van der Waals surface area contributed by atoms with Crippen LogP contribution >= 0.6 is 0 Å². The van der Waals surface area contributed by atoms with E-state index in [2.05, 4.69) is 0 Å². The number of ether oxygens (including phenoxy) is 1. The molecule has 0 atom stereocenters. The minimum atomic E-state index is 0.928. The van der Waals surface area contributed by atoms with Crippen LogP contribution in [0.15, 0.2) is 24.3 Å². The van der Waals surface area contributed by atoms with Gasteiger partial charge in [-0.05, 0) is 0 Å². The molecule has 1 aromatic rings. The first-order chi connectivity index (χ1) is 4.33. The van der Waals surface area contributed by atoms with E-state index in [9.17, 15) is 0 Å². The molecule has 0 saturated heterocycles. The Morgan fingerprint density at radius 3 is 2.67 bits per heavy atom. The molecule has 2 heteroatoms. The Morgan fingerprint density at radius 2 is 2.22 bits per heavy atom. The first-order valence-electron chi connectivity index (χ1n) is 2.64. The molecule has 0 unspecified atom stereocenters. The van der Waals surface area contributed by atoms with Gasteiger partial charge in [0.1, 0.15) is 0 Å². The summed E-state index contributed by atoms with van der Waals surface area (Å²) in [5.41, 5.74) is 0. The molecule has 1 radical (unpaired) electrons. The molecule has 0 aromatic heterocycles. The third-order valence-electron chi connectivity index (χ3n) is 1.04. The third-order valence-corrected chi connectivity index (χ3v) is 1.77. The molecule has 0 aliphatic carbocycles. The third kappa shape index (κ3) is 1.89. The van der Waals surface area contributed by atoms with Crippen molar-refractivity contribution in [2.24, 2.45) is 0 Å². The molecule has 1 nitrogen and oxygen atoms in total. The summed E-state index contributed by atoms with van der Waals surface area (Å²) in [5.74, 6) is 0.928. The molecule has 0 fully saturated rings. The first-order valence-corrected chi connectivity index (χ1v) is 3.80. The molecule has 0 heterocycles. The van der Waals surface area contributed by atoms with Crippen molar-refractivity contribution >= 4 is 25.9 Å². The van der Waals surface area contributed by atoms with Crippen LogP contribution < -0.4 is 8.35 Å². The molecule has 0 saturated carbocycles. The van der Waals surface area contributed by atoms with Crippen molar-refractivity contribution in [2.75, 3.05) is 7.11 Å². The van der Waals surface area contributed by atoms with Crippen LogP contribution in [-0.2, 0) is 0 Å². The Morgan fingerprint density at radius 1 is 1.44 bits per heavy atom. The summed E-state index contributed by atoms with van der Waals surface area (Å²) in [6.45, 7) is 0. The molecule has 0 spiro atoms. The molecule has 0 bridgehead atoms. The standard InChI is InChI=1S/C7H7OTe/c1-8-6-3-2-4-7(9)5-6/h2-5H,1H3. The molecule has 1 rings (SSSR count). The fraction of sp³-hybridized carbons (Fsp3) is 0.143.